The Morgan fingerprint density at radius 3 is 1.62 bits per heavy atom. The first-order valence-electron chi connectivity index (χ1n) is 0.919. The number of rotatable bonds is 1. The van der Waals surface area contributed by atoms with Gasteiger partial charge in [0.05, 0.1) is 0 Å². The molecule has 0 spiro atoms. The summed E-state index contributed by atoms with van der Waals surface area (Å²) in [5, 5.41) is 0. The third-order valence-electron chi connectivity index (χ3n) is 0.0899. The van der Waals surface area contributed by atoms with Gasteiger partial charge in [0.15, 0.2) is 0 Å². The fraction of sp³-hybridized carbons (Fsp3) is 0. The van der Waals surface area contributed by atoms with Gasteiger partial charge in [0.25, 0.3) is 0 Å². The first-order valence-corrected chi connectivity index (χ1v) is 2.45. The maximum Gasteiger partial charge on any atom is 0 e. The second kappa shape index (κ2) is 8.24. The molecular weight excluding hydrogens is 485 g/mol. The van der Waals surface area contributed by atoms with Crippen LogP contribution in [0.2, 0.25) is 0 Å². The van der Waals surface area contributed by atoms with Crippen molar-refractivity contribution in [3.63, 3.8) is 0 Å². The molecule has 0 heterocycles. The van der Waals surface area contributed by atoms with Gasteiger partial charge in [-0.1, -0.05) is 4.73 Å². The van der Waals surface area contributed by atoms with Crippen molar-refractivity contribution in [1.82, 2.24) is 0 Å². The van der Waals surface area contributed by atoms with Crippen LogP contribution in [0.3, 0.4) is 0 Å². The fourth-order valence-corrected chi connectivity index (χ4v) is 0. The zero-order valence-electron chi connectivity index (χ0n) is 3.04. The predicted octanol–water partition coefficient (Wildman–Crippen LogP) is -0.668. The summed E-state index contributed by atoms with van der Waals surface area (Å²) in [6.45, 7) is 0. The minimum absolute atomic E-state index is 0. The van der Waals surface area contributed by atoms with Crippen LogP contribution in [0, 0.1) is 31.1 Å². The van der Waals surface area contributed by atoms with Crippen LogP contribution in [-0.4, -0.2) is 78.7 Å². The Balaban J connectivity index is -0.000000125. The van der Waals surface area contributed by atoms with Crippen LogP contribution in [0.1, 0.15) is 0 Å². The third-order valence-corrected chi connectivity index (χ3v) is 0.270. The minimum atomic E-state index is -4.81. The predicted molar refractivity (Wildman–Crippen MR) is 21.4 cm³/mol. The molecule has 0 aromatic heterocycles. The molecule has 2 N–H and O–H groups in total. The Morgan fingerprint density at radius 2 is 1.62 bits per heavy atom. The molecule has 0 atom stereocenters. The first kappa shape index (κ1) is 17.3. The monoisotopic (exact) mass is 488 g/mol. The summed E-state index contributed by atoms with van der Waals surface area (Å²) in [5.41, 5.74) is 0. The zero-order chi connectivity index (χ0) is 5.21. The molecule has 0 amide bonds. The van der Waals surface area contributed by atoms with Gasteiger partial charge in [0, 0.05) is 31.1 Å². The molecule has 8 heavy (non-hydrogen) atoms. The molecule has 0 aliphatic rings. The molecule has 0 bridgehead atoms. The van der Waals surface area contributed by atoms with Gasteiger partial charge in [-0.05, 0) is 4.53 Å². The quantitative estimate of drug-likeness (QED) is 0.482. The van der Waals surface area contributed by atoms with E-state index in [4.69, 9.17) is 14.4 Å². The molecule has 0 saturated heterocycles. The molecule has 44 valence electrons. The molecule has 0 aliphatic carbocycles. The van der Waals surface area contributed by atoms with E-state index in [1.807, 2.05) is 0 Å². The van der Waals surface area contributed by atoms with E-state index in [0.29, 0.717) is 0 Å². The van der Waals surface area contributed by atoms with Gasteiger partial charge in [0.1, 0.15) is 0 Å². The molecule has 8 heteroatoms. The van der Waals surface area contributed by atoms with Crippen molar-refractivity contribution in [2.75, 3.05) is 0 Å². The van der Waals surface area contributed by atoms with Crippen LogP contribution < -0.4 is 0 Å². The van der Waals surface area contributed by atoms with Gasteiger partial charge in [-0.15, -0.1) is 0 Å². The SMILES string of the molecule is O=P(O)(O)OF.[CsH].[U]. The van der Waals surface area contributed by atoms with Crippen molar-refractivity contribution in [2.45, 2.75) is 0 Å². The molecule has 4 nitrogen and oxygen atoms in total. The maximum absolute atomic E-state index is 10.2. The molecule has 0 aliphatic heterocycles. The second-order valence-corrected chi connectivity index (χ2v) is 1.68. The number of hydrogen-bond acceptors (Lipinski definition) is 2. The van der Waals surface area contributed by atoms with Crippen LogP contribution in [0.25, 0.3) is 0 Å². The van der Waals surface area contributed by atoms with Gasteiger partial charge < -0.3 is 9.79 Å². The Bertz CT molecular complexity index is 80.1. The van der Waals surface area contributed by atoms with Crippen LogP contribution in [-0.2, 0) is 9.29 Å². The summed E-state index contributed by atoms with van der Waals surface area (Å²) in [7, 11) is -4.81. The van der Waals surface area contributed by atoms with E-state index in [1.54, 1.807) is 0 Å². The van der Waals surface area contributed by atoms with Crippen LogP contribution in [0.4, 0.5) is 4.53 Å². The molecule has 0 rings (SSSR count). The first-order chi connectivity index (χ1) is 2.56. The molecule has 0 aromatic rings. The van der Waals surface area contributed by atoms with Crippen LogP contribution in [0.5, 0.6) is 0 Å². The number of phosphoric acid groups is 1. The van der Waals surface area contributed by atoms with Gasteiger partial charge in [-0.3, -0.25) is 0 Å². The van der Waals surface area contributed by atoms with E-state index < -0.39 is 7.82 Å². The fourth-order valence-electron chi connectivity index (χ4n) is 0. The van der Waals surface area contributed by atoms with Crippen molar-refractivity contribution in [1.29, 1.82) is 0 Å². The summed E-state index contributed by atoms with van der Waals surface area (Å²) in [5.74, 6) is 0. The van der Waals surface area contributed by atoms with Crippen LogP contribution >= 0.6 is 7.82 Å². The minimum Gasteiger partial charge on any atom is 0 e. The average Bonchev–Trinajstić information content (AvgIpc) is 1.35. The van der Waals surface area contributed by atoms with E-state index in [1.165, 1.54) is 0 Å². The second-order valence-electron chi connectivity index (χ2n) is 0.560. The Hall–Kier alpha value is 3.14. The van der Waals surface area contributed by atoms with Crippen molar-refractivity contribution in [2.24, 2.45) is 0 Å². The standard InChI is InChI=1S/Cs.FH2O4P.U.H/c;1-5-6(2,3)4;;/h;(H2,2,3,4);;. The Labute approximate surface area is 128 Å². The molecule has 0 aromatic carbocycles. The van der Waals surface area contributed by atoms with E-state index >= 15 is 0 Å². The van der Waals surface area contributed by atoms with Crippen molar-refractivity contribution in [3.8, 4) is 0 Å². The largest absolute Gasteiger partial charge is 0 e. The Morgan fingerprint density at radius 1 is 1.50 bits per heavy atom. The van der Waals surface area contributed by atoms with Gasteiger partial charge in [-0.2, -0.15) is 0 Å². The topological polar surface area (TPSA) is 66.8 Å². The number of hydrogen-bond donors (Lipinski definition) is 2. The van der Waals surface area contributed by atoms with E-state index in [0.717, 1.165) is 0 Å². The summed E-state index contributed by atoms with van der Waals surface area (Å²) >= 11 is 0. The smallest absolute Gasteiger partial charge is 0 e. The van der Waals surface area contributed by atoms with Gasteiger partial charge in [0.2, 0.25) is 0 Å². The summed E-state index contributed by atoms with van der Waals surface area (Å²) in [6.07, 6.45) is 0. The number of halogens is 1. The zero-order valence-corrected chi connectivity index (χ0v) is 8.09. The van der Waals surface area contributed by atoms with Gasteiger partial charge >= 0.3 is 76.7 Å². The van der Waals surface area contributed by atoms with Crippen molar-refractivity contribution < 1.29 is 54.7 Å². The molecule has 0 unspecified atom stereocenters. The third kappa shape index (κ3) is 16.1. The van der Waals surface area contributed by atoms with E-state index in [9.17, 15) is 4.53 Å². The van der Waals surface area contributed by atoms with E-state index in [-0.39, 0.29) is 100 Å². The summed E-state index contributed by atoms with van der Waals surface area (Å²) in [6, 6.07) is 0. The van der Waals surface area contributed by atoms with Crippen molar-refractivity contribution in [3.05, 3.63) is 0 Å². The Kier molecular flexibility index (Phi) is 17.8. The summed E-state index contributed by atoms with van der Waals surface area (Å²) in [4.78, 5) is 14.7. The normalized spacial score (nSPS) is 8.88. The molecule has 0 fully saturated rings. The van der Waals surface area contributed by atoms with E-state index in [2.05, 4.69) is 4.73 Å². The molecule has 0 saturated carbocycles. The molecular formula is H3CsFO4PU. The average molecular weight is 488 g/mol. The molecule has 0 radical (unpaired) electrons. The summed E-state index contributed by atoms with van der Waals surface area (Å²) < 4.78 is 21.4. The van der Waals surface area contributed by atoms with Gasteiger partial charge in [-0.25, -0.2) is 4.57 Å². The van der Waals surface area contributed by atoms with Crippen molar-refractivity contribution >= 4 is 76.7 Å². The maximum atomic E-state index is 10.2. The van der Waals surface area contributed by atoms with Crippen LogP contribution in [0.15, 0.2) is 0 Å².